The summed E-state index contributed by atoms with van der Waals surface area (Å²) in [6, 6.07) is 9.47. The highest BCUT2D eigenvalue weighted by molar-refractivity contribution is 5.98. The second kappa shape index (κ2) is 7.70. The number of benzene rings is 1. The number of rotatable bonds is 6. The molecule has 0 bridgehead atoms. The van der Waals surface area contributed by atoms with E-state index in [9.17, 15) is 9.18 Å². The minimum absolute atomic E-state index is 0.239. The summed E-state index contributed by atoms with van der Waals surface area (Å²) in [5, 5.41) is 11.3. The van der Waals surface area contributed by atoms with Crippen LogP contribution in [-0.4, -0.2) is 49.6 Å². The summed E-state index contributed by atoms with van der Waals surface area (Å²) in [6.07, 6.45) is 1.69. The first-order chi connectivity index (χ1) is 14.4. The van der Waals surface area contributed by atoms with Gasteiger partial charge in [0, 0.05) is 26.8 Å². The average Bonchev–Trinajstić information content (AvgIpc) is 3.16. The van der Waals surface area contributed by atoms with E-state index in [0.717, 1.165) is 5.56 Å². The summed E-state index contributed by atoms with van der Waals surface area (Å²) >= 11 is 0. The highest BCUT2D eigenvalue weighted by atomic mass is 19.1. The molecule has 30 heavy (non-hydrogen) atoms. The standard InChI is InChI=1S/C19H18FN9O/c1-28(2)19-24-15(17-27-26-16-13(14(21)30)7-4-8-29(16)17)23-18(25-19)22-10-11-5-3-6-12(20)9-11/h3-9H,10H2,1-2H3,(H2,21,30)(H,22,23,24,25). The van der Waals surface area contributed by atoms with Gasteiger partial charge in [0.25, 0.3) is 5.91 Å². The zero-order valence-corrected chi connectivity index (χ0v) is 16.2. The van der Waals surface area contributed by atoms with E-state index in [4.69, 9.17) is 5.73 Å². The Balaban J connectivity index is 1.74. The molecule has 0 aliphatic rings. The number of halogens is 1. The molecule has 0 spiro atoms. The Hall–Kier alpha value is -4.15. The fourth-order valence-corrected chi connectivity index (χ4v) is 2.83. The van der Waals surface area contributed by atoms with Crippen LogP contribution in [-0.2, 0) is 6.54 Å². The molecule has 1 aromatic carbocycles. The van der Waals surface area contributed by atoms with Crippen LogP contribution in [0.2, 0.25) is 0 Å². The molecule has 4 aromatic rings. The van der Waals surface area contributed by atoms with Gasteiger partial charge in [0.1, 0.15) is 5.82 Å². The van der Waals surface area contributed by atoms with E-state index in [1.54, 1.807) is 53.9 Å². The van der Waals surface area contributed by atoms with Crippen molar-refractivity contribution in [2.24, 2.45) is 5.73 Å². The zero-order chi connectivity index (χ0) is 21.3. The first-order valence-corrected chi connectivity index (χ1v) is 8.98. The number of nitrogens with two attached hydrogens (primary N) is 1. The van der Waals surface area contributed by atoms with Crippen molar-refractivity contribution in [1.29, 1.82) is 0 Å². The van der Waals surface area contributed by atoms with Gasteiger partial charge in [0.05, 0.1) is 5.56 Å². The van der Waals surface area contributed by atoms with Crippen molar-refractivity contribution in [3.05, 3.63) is 59.5 Å². The number of hydrogen-bond donors (Lipinski definition) is 2. The second-order valence-corrected chi connectivity index (χ2v) is 6.66. The van der Waals surface area contributed by atoms with Crippen LogP contribution in [0.15, 0.2) is 42.6 Å². The highest BCUT2D eigenvalue weighted by Gasteiger charge is 2.18. The molecule has 0 fully saturated rings. The van der Waals surface area contributed by atoms with Crippen LogP contribution in [0.4, 0.5) is 16.3 Å². The van der Waals surface area contributed by atoms with Crippen LogP contribution < -0.4 is 16.0 Å². The largest absolute Gasteiger partial charge is 0.365 e. The van der Waals surface area contributed by atoms with Crippen molar-refractivity contribution < 1.29 is 9.18 Å². The van der Waals surface area contributed by atoms with Crippen LogP contribution in [0.25, 0.3) is 17.3 Å². The number of aromatic nitrogens is 6. The van der Waals surface area contributed by atoms with Gasteiger partial charge in [-0.2, -0.15) is 15.0 Å². The smallest absolute Gasteiger partial charge is 0.252 e. The van der Waals surface area contributed by atoms with E-state index in [2.05, 4.69) is 30.5 Å². The Morgan fingerprint density at radius 1 is 1.17 bits per heavy atom. The summed E-state index contributed by atoms with van der Waals surface area (Å²) in [6.45, 7) is 0.320. The van der Waals surface area contributed by atoms with E-state index in [0.29, 0.717) is 24.0 Å². The Bertz CT molecular complexity index is 1240. The lowest BCUT2D eigenvalue weighted by atomic mass is 10.2. The molecule has 0 saturated heterocycles. The quantitative estimate of drug-likeness (QED) is 0.492. The van der Waals surface area contributed by atoms with Crippen molar-refractivity contribution in [3.8, 4) is 11.6 Å². The first-order valence-electron chi connectivity index (χ1n) is 8.98. The van der Waals surface area contributed by atoms with Crippen LogP contribution in [0.3, 0.4) is 0 Å². The summed E-state index contributed by atoms with van der Waals surface area (Å²) in [4.78, 5) is 26.6. The molecule has 0 radical (unpaired) electrons. The van der Waals surface area contributed by atoms with Gasteiger partial charge >= 0.3 is 0 Å². The Morgan fingerprint density at radius 3 is 2.73 bits per heavy atom. The minimum atomic E-state index is -0.610. The molecule has 4 rings (SSSR count). The second-order valence-electron chi connectivity index (χ2n) is 6.66. The molecule has 0 atom stereocenters. The van der Waals surface area contributed by atoms with Gasteiger partial charge in [-0.25, -0.2) is 4.39 Å². The van der Waals surface area contributed by atoms with Gasteiger partial charge in [-0.1, -0.05) is 12.1 Å². The molecule has 11 heteroatoms. The van der Waals surface area contributed by atoms with Crippen molar-refractivity contribution >= 4 is 23.5 Å². The van der Waals surface area contributed by atoms with Crippen molar-refractivity contribution in [2.45, 2.75) is 6.54 Å². The summed E-state index contributed by atoms with van der Waals surface area (Å²) in [7, 11) is 3.59. The molecule has 152 valence electrons. The zero-order valence-electron chi connectivity index (χ0n) is 16.2. The van der Waals surface area contributed by atoms with Gasteiger partial charge in [-0.3, -0.25) is 9.20 Å². The van der Waals surface area contributed by atoms with Gasteiger partial charge in [-0.05, 0) is 29.8 Å². The Morgan fingerprint density at radius 2 is 2.00 bits per heavy atom. The topological polar surface area (TPSA) is 127 Å². The van der Waals surface area contributed by atoms with E-state index in [1.807, 2.05) is 0 Å². The van der Waals surface area contributed by atoms with Crippen LogP contribution >= 0.6 is 0 Å². The number of pyridine rings is 1. The third-order valence-electron chi connectivity index (χ3n) is 4.26. The normalized spacial score (nSPS) is 10.9. The lowest BCUT2D eigenvalue weighted by Gasteiger charge is -2.13. The molecule has 1 amide bonds. The number of carbonyl (C=O) groups excluding carboxylic acids is 1. The third kappa shape index (κ3) is 3.72. The lowest BCUT2D eigenvalue weighted by Crippen LogP contribution is -2.16. The van der Waals surface area contributed by atoms with E-state index in [-0.39, 0.29) is 23.2 Å². The van der Waals surface area contributed by atoms with Gasteiger partial charge in [0.2, 0.25) is 23.5 Å². The average molecular weight is 407 g/mol. The predicted molar refractivity (Wildman–Crippen MR) is 108 cm³/mol. The van der Waals surface area contributed by atoms with Crippen molar-refractivity contribution in [3.63, 3.8) is 0 Å². The summed E-state index contributed by atoms with van der Waals surface area (Å²) in [5.74, 6) is 0.332. The maximum absolute atomic E-state index is 13.4. The van der Waals surface area contributed by atoms with Crippen LogP contribution in [0, 0.1) is 5.82 Å². The monoisotopic (exact) mass is 407 g/mol. The number of anilines is 2. The van der Waals surface area contributed by atoms with E-state index >= 15 is 0 Å². The molecule has 3 aromatic heterocycles. The molecule has 3 N–H and O–H groups in total. The first kappa shape index (κ1) is 19.2. The number of primary amides is 1. The summed E-state index contributed by atoms with van der Waals surface area (Å²) < 4.78 is 15.0. The van der Waals surface area contributed by atoms with Crippen LogP contribution in [0.5, 0.6) is 0 Å². The van der Waals surface area contributed by atoms with Crippen molar-refractivity contribution in [2.75, 3.05) is 24.3 Å². The number of fused-ring (bicyclic) bond motifs is 1. The van der Waals surface area contributed by atoms with E-state index in [1.165, 1.54) is 12.1 Å². The SMILES string of the molecule is CN(C)c1nc(NCc2cccc(F)c2)nc(-c2nnc3c(C(N)=O)cccn23)n1. The van der Waals surface area contributed by atoms with Gasteiger partial charge in [-0.15, -0.1) is 10.2 Å². The van der Waals surface area contributed by atoms with Crippen LogP contribution in [0.1, 0.15) is 15.9 Å². The number of nitrogens with zero attached hydrogens (tertiary/aromatic N) is 7. The minimum Gasteiger partial charge on any atom is -0.365 e. The molecule has 0 aliphatic heterocycles. The maximum Gasteiger partial charge on any atom is 0.252 e. The van der Waals surface area contributed by atoms with E-state index < -0.39 is 5.91 Å². The third-order valence-corrected chi connectivity index (χ3v) is 4.26. The van der Waals surface area contributed by atoms with Crippen molar-refractivity contribution in [1.82, 2.24) is 29.5 Å². The number of nitrogens with one attached hydrogen (secondary N) is 1. The maximum atomic E-state index is 13.4. The molecule has 0 aliphatic carbocycles. The predicted octanol–water partition coefficient (Wildman–Crippen LogP) is 1.50. The van der Waals surface area contributed by atoms with Gasteiger partial charge < -0.3 is 16.0 Å². The number of hydrogen-bond acceptors (Lipinski definition) is 8. The number of amides is 1. The molecule has 10 nitrogen and oxygen atoms in total. The summed E-state index contributed by atoms with van der Waals surface area (Å²) in [5.41, 5.74) is 6.70. The fraction of sp³-hybridized carbons (Fsp3) is 0.158. The highest BCUT2D eigenvalue weighted by Crippen LogP contribution is 2.20. The molecule has 0 saturated carbocycles. The Kier molecular flexibility index (Phi) is 4.92. The molecular weight excluding hydrogens is 389 g/mol. The Labute approximate surface area is 170 Å². The molecular formula is C19H18FN9O. The van der Waals surface area contributed by atoms with Gasteiger partial charge in [0.15, 0.2) is 5.65 Å². The lowest BCUT2D eigenvalue weighted by molar-refractivity contribution is 0.100. The molecule has 3 heterocycles. The number of carbonyl (C=O) groups is 1. The fourth-order valence-electron chi connectivity index (χ4n) is 2.83. The molecule has 0 unspecified atom stereocenters.